The Hall–Kier alpha value is -3.81. The number of anilines is 2. The molecule has 51 heavy (non-hydrogen) atoms. The predicted molar refractivity (Wildman–Crippen MR) is 193 cm³/mol. The van der Waals surface area contributed by atoms with E-state index in [1.165, 1.54) is 28.8 Å². The third-order valence-corrected chi connectivity index (χ3v) is 13.5. The van der Waals surface area contributed by atoms with Gasteiger partial charge >= 0.3 is 0 Å². The Morgan fingerprint density at radius 1 is 0.922 bits per heavy atom. The second kappa shape index (κ2) is 14.7. The second-order valence-corrected chi connectivity index (χ2v) is 17.8. The van der Waals surface area contributed by atoms with Gasteiger partial charge in [0.15, 0.2) is 10.6 Å². The number of sulfonamides is 1. The minimum absolute atomic E-state index is 0.0377. The van der Waals surface area contributed by atoms with Crippen molar-refractivity contribution in [1.82, 2.24) is 28.9 Å². The van der Waals surface area contributed by atoms with Crippen LogP contribution < -0.4 is 20.1 Å². The molecule has 13 nitrogen and oxygen atoms in total. The zero-order valence-electron chi connectivity index (χ0n) is 28.6. The Labute approximate surface area is 300 Å². The number of para-hydroxylation sites is 1. The van der Waals surface area contributed by atoms with Gasteiger partial charge in [-0.15, -0.1) is 11.3 Å². The number of nitrogens with one attached hydrogen (secondary N) is 3. The smallest absolute Gasteiger partial charge is 0.282 e. The van der Waals surface area contributed by atoms with E-state index >= 15 is 0 Å². The molecule has 274 valence electrons. The highest BCUT2D eigenvalue weighted by Crippen LogP contribution is 2.45. The number of benzene rings is 2. The summed E-state index contributed by atoms with van der Waals surface area (Å²) in [6.07, 6.45) is 2.78. The van der Waals surface area contributed by atoms with Crippen molar-refractivity contribution in [3.63, 3.8) is 0 Å². The molecule has 2 aromatic heterocycles. The van der Waals surface area contributed by atoms with Gasteiger partial charge in [-0.1, -0.05) is 32.9 Å². The van der Waals surface area contributed by atoms with Crippen molar-refractivity contribution in [3.05, 3.63) is 65.3 Å². The van der Waals surface area contributed by atoms with Crippen molar-refractivity contribution < 1.29 is 30.4 Å². The monoisotopic (exact) mass is 762 g/mol. The number of hydrogen-bond acceptors (Lipinski definition) is 11. The van der Waals surface area contributed by atoms with E-state index in [1.54, 1.807) is 28.7 Å². The highest BCUT2D eigenvalue weighted by Gasteiger charge is 2.34. The van der Waals surface area contributed by atoms with Crippen molar-refractivity contribution in [1.29, 1.82) is 0 Å². The Morgan fingerprint density at radius 3 is 2.22 bits per heavy atom. The highest BCUT2D eigenvalue weighted by atomic mass is 32.2. The summed E-state index contributed by atoms with van der Waals surface area (Å²) in [6, 6.07) is 9.26. The molecule has 2 aromatic carbocycles. The fourth-order valence-electron chi connectivity index (χ4n) is 5.96. The summed E-state index contributed by atoms with van der Waals surface area (Å²) in [5, 5.41) is 7.33. The maximum absolute atomic E-state index is 14.5. The van der Waals surface area contributed by atoms with Crippen molar-refractivity contribution in [3.8, 4) is 27.6 Å². The summed E-state index contributed by atoms with van der Waals surface area (Å²) in [7, 11) is -6.85. The zero-order chi connectivity index (χ0) is 36.6. The molecule has 2 saturated heterocycles. The first-order chi connectivity index (χ1) is 24.2. The molecule has 0 spiro atoms. The van der Waals surface area contributed by atoms with E-state index in [2.05, 4.69) is 20.3 Å². The zero-order valence-corrected chi connectivity index (χ0v) is 31.1. The summed E-state index contributed by atoms with van der Waals surface area (Å²) in [6.45, 7) is 8.99. The standard InChI is InChI=1S/C33H40F2N8O5S3/c1-33(2,3)31-40-27(22-7-5-10-25(28(22)48-4)41-50(44,45)30-23(34)8-6-9-24(30)35)29(49-31)26-11-14-37-32(39-26)38-21-12-17-42(18-13-21)51(46,47)43-19-15-36-16-20-43/h5-11,14,21,36,41H,12-13,15-20H2,1-4H3,(H,37,38,39). The fourth-order valence-corrected chi connectivity index (χ4v) is 9.91. The molecular formula is C33H40F2N8O5S3. The van der Waals surface area contributed by atoms with Gasteiger partial charge in [0.1, 0.15) is 11.6 Å². The van der Waals surface area contributed by atoms with Gasteiger partial charge in [0, 0.05) is 62.5 Å². The van der Waals surface area contributed by atoms with Crippen LogP contribution in [0, 0.1) is 11.6 Å². The van der Waals surface area contributed by atoms with Crippen LogP contribution in [0.2, 0.25) is 0 Å². The maximum Gasteiger partial charge on any atom is 0.282 e. The van der Waals surface area contributed by atoms with Crippen molar-refractivity contribution in [2.45, 2.75) is 50.0 Å². The lowest BCUT2D eigenvalue weighted by Crippen LogP contribution is -2.54. The molecule has 0 saturated carbocycles. The summed E-state index contributed by atoms with van der Waals surface area (Å²) < 4.78 is 92.8. The predicted octanol–water partition coefficient (Wildman–Crippen LogP) is 4.68. The normalized spacial score (nSPS) is 17.0. The topological polar surface area (TPSA) is 159 Å². The van der Waals surface area contributed by atoms with Crippen LogP contribution in [0.4, 0.5) is 20.4 Å². The average molecular weight is 763 g/mol. The second-order valence-electron chi connectivity index (χ2n) is 13.2. The Balaban J connectivity index is 1.28. The number of aromatic nitrogens is 3. The number of rotatable bonds is 10. The fraction of sp³-hybridized carbons (Fsp3) is 0.424. The van der Waals surface area contributed by atoms with E-state index in [0.29, 0.717) is 79.9 Å². The number of methoxy groups -OCH3 is 1. The minimum atomic E-state index is -4.69. The lowest BCUT2D eigenvalue weighted by Gasteiger charge is -2.36. The molecule has 18 heteroatoms. The molecule has 0 atom stereocenters. The lowest BCUT2D eigenvalue weighted by molar-refractivity contribution is 0.280. The summed E-state index contributed by atoms with van der Waals surface area (Å²) in [5.41, 5.74) is 1.05. The van der Waals surface area contributed by atoms with Crippen LogP contribution in [-0.2, 0) is 25.6 Å². The van der Waals surface area contributed by atoms with E-state index in [9.17, 15) is 25.6 Å². The van der Waals surface area contributed by atoms with Gasteiger partial charge in [-0.05, 0) is 43.2 Å². The Morgan fingerprint density at radius 2 is 1.57 bits per heavy atom. The number of halogens is 2. The van der Waals surface area contributed by atoms with E-state index in [-0.39, 0.29) is 22.9 Å². The van der Waals surface area contributed by atoms with Gasteiger partial charge in [-0.25, -0.2) is 32.2 Å². The number of piperidine rings is 1. The van der Waals surface area contributed by atoms with Gasteiger partial charge < -0.3 is 15.4 Å². The number of nitrogens with zero attached hydrogens (tertiary/aromatic N) is 5. The van der Waals surface area contributed by atoms with Gasteiger partial charge in [0.25, 0.3) is 20.2 Å². The van der Waals surface area contributed by atoms with Crippen LogP contribution in [0.5, 0.6) is 5.75 Å². The molecule has 3 N–H and O–H groups in total. The summed E-state index contributed by atoms with van der Waals surface area (Å²) >= 11 is 1.42. The van der Waals surface area contributed by atoms with Gasteiger partial charge in [-0.2, -0.15) is 17.0 Å². The molecule has 0 unspecified atom stereocenters. The molecule has 6 rings (SSSR count). The van der Waals surface area contributed by atoms with E-state index in [1.807, 2.05) is 20.8 Å². The third kappa shape index (κ3) is 7.85. The first-order valence-electron chi connectivity index (χ1n) is 16.4. The van der Waals surface area contributed by atoms with Crippen LogP contribution in [0.25, 0.3) is 21.8 Å². The third-order valence-electron chi connectivity index (χ3n) is 8.58. The summed E-state index contributed by atoms with van der Waals surface area (Å²) in [5.74, 6) is -1.99. The van der Waals surface area contributed by atoms with Crippen LogP contribution in [0.3, 0.4) is 0 Å². The minimum Gasteiger partial charge on any atom is -0.494 e. The number of piperazine rings is 1. The van der Waals surface area contributed by atoms with Crippen LogP contribution in [0.15, 0.2) is 53.6 Å². The van der Waals surface area contributed by atoms with Gasteiger partial charge in [-0.3, -0.25) is 4.72 Å². The number of thiazole rings is 1. The van der Waals surface area contributed by atoms with Crippen molar-refractivity contribution >= 4 is 43.2 Å². The molecule has 2 fully saturated rings. The first kappa shape index (κ1) is 37.0. The molecule has 0 amide bonds. The van der Waals surface area contributed by atoms with Crippen LogP contribution in [-0.4, -0.2) is 92.8 Å². The molecular weight excluding hydrogens is 723 g/mol. The van der Waals surface area contributed by atoms with Crippen molar-refractivity contribution in [2.75, 3.05) is 56.4 Å². The molecule has 0 radical (unpaired) electrons. The van der Waals surface area contributed by atoms with E-state index in [4.69, 9.17) is 14.7 Å². The largest absolute Gasteiger partial charge is 0.494 e. The quantitative estimate of drug-likeness (QED) is 0.207. The molecule has 2 aliphatic heterocycles. The number of ether oxygens (including phenoxy) is 1. The van der Waals surface area contributed by atoms with Gasteiger partial charge in [0.05, 0.1) is 34.1 Å². The van der Waals surface area contributed by atoms with Crippen LogP contribution >= 0.6 is 11.3 Å². The Kier molecular flexibility index (Phi) is 10.6. The maximum atomic E-state index is 14.5. The summed E-state index contributed by atoms with van der Waals surface area (Å²) in [4.78, 5) is 13.8. The highest BCUT2D eigenvalue weighted by molar-refractivity contribution is 7.92. The first-order valence-corrected chi connectivity index (χ1v) is 20.1. The molecule has 4 heterocycles. The average Bonchev–Trinajstić information content (AvgIpc) is 3.55. The molecule has 0 bridgehead atoms. The van der Waals surface area contributed by atoms with E-state index in [0.717, 1.165) is 23.2 Å². The molecule has 0 aliphatic carbocycles. The SMILES string of the molecule is COc1c(NS(=O)(=O)c2c(F)cccc2F)cccc1-c1nc(C(C)(C)C)sc1-c1ccnc(NC2CCN(S(=O)(=O)N3CCNCC3)CC2)n1. The molecule has 2 aliphatic rings. The number of hydrogen-bond donors (Lipinski definition) is 3. The van der Waals surface area contributed by atoms with Crippen molar-refractivity contribution in [2.24, 2.45) is 0 Å². The van der Waals surface area contributed by atoms with Crippen LogP contribution in [0.1, 0.15) is 38.6 Å². The Bertz CT molecular complexity index is 2090. The molecule has 4 aromatic rings. The van der Waals surface area contributed by atoms with Gasteiger partial charge in [0.2, 0.25) is 5.95 Å². The lowest BCUT2D eigenvalue weighted by atomic mass is 9.98. The van der Waals surface area contributed by atoms with E-state index < -0.39 is 36.8 Å².